The maximum Gasteiger partial charge on any atom is 0.412 e. The summed E-state index contributed by atoms with van der Waals surface area (Å²) in [6.45, 7) is 1.84. The summed E-state index contributed by atoms with van der Waals surface area (Å²) in [5.74, 6) is 0. The second-order valence-electron chi connectivity index (χ2n) is 8.71. The molecule has 2 aromatic carbocycles. The van der Waals surface area contributed by atoms with Crippen LogP contribution in [0.5, 0.6) is 0 Å². The summed E-state index contributed by atoms with van der Waals surface area (Å²) in [6.07, 6.45) is 2.77. The Morgan fingerprint density at radius 2 is 1.85 bits per heavy atom. The predicted molar refractivity (Wildman–Crippen MR) is 149 cm³/mol. The molecule has 12 nitrogen and oxygen atoms in total. The summed E-state index contributed by atoms with van der Waals surface area (Å²) in [7, 11) is -4.18. The number of hydrogen-bond donors (Lipinski definition) is 2. The fourth-order valence-corrected chi connectivity index (χ4v) is 5.59. The molecule has 41 heavy (non-hydrogen) atoms. The van der Waals surface area contributed by atoms with Crippen molar-refractivity contribution in [2.45, 2.75) is 23.6 Å². The summed E-state index contributed by atoms with van der Waals surface area (Å²) >= 11 is -2.58. The van der Waals surface area contributed by atoms with Crippen LogP contribution in [0.4, 0.5) is 10.5 Å². The first-order valence-corrected chi connectivity index (χ1v) is 14.4. The molecule has 14 heteroatoms. The van der Waals surface area contributed by atoms with Crippen LogP contribution in [0.1, 0.15) is 16.7 Å². The van der Waals surface area contributed by atoms with Gasteiger partial charge in [0.2, 0.25) is 16.2 Å². The number of carbonyl (C=O) groups is 1. The number of amides is 1. The van der Waals surface area contributed by atoms with Crippen LogP contribution in [0.15, 0.2) is 89.3 Å². The number of benzene rings is 2. The van der Waals surface area contributed by atoms with Gasteiger partial charge >= 0.3 is 6.09 Å². The van der Waals surface area contributed by atoms with Gasteiger partial charge in [-0.3, -0.25) is 9.87 Å². The molecule has 0 aliphatic rings. The number of carbonyl (C=O) groups excluding carboxylic acids is 1. The van der Waals surface area contributed by atoms with E-state index in [1.54, 1.807) is 24.3 Å². The first-order valence-electron chi connectivity index (χ1n) is 11.9. The van der Waals surface area contributed by atoms with Crippen LogP contribution in [0.25, 0.3) is 22.3 Å². The van der Waals surface area contributed by atoms with Gasteiger partial charge in [0.25, 0.3) is 10.0 Å². The van der Waals surface area contributed by atoms with Crippen molar-refractivity contribution in [3.8, 4) is 17.3 Å². The van der Waals surface area contributed by atoms with Crippen molar-refractivity contribution in [2.75, 3.05) is 5.32 Å². The number of nitrogens with zero attached hydrogens (tertiary/aromatic N) is 5. The molecule has 1 amide bonds. The molecule has 0 bridgehead atoms. The van der Waals surface area contributed by atoms with E-state index in [-0.39, 0.29) is 45.0 Å². The molecule has 0 aliphatic carbocycles. The molecular formula is C27H20N6O6S2. The average molecular weight is 589 g/mol. The zero-order valence-corrected chi connectivity index (χ0v) is 22.9. The minimum Gasteiger partial charge on any atom is -0.444 e. The summed E-state index contributed by atoms with van der Waals surface area (Å²) in [6, 6.07) is 18.6. The van der Waals surface area contributed by atoms with Crippen molar-refractivity contribution in [1.82, 2.24) is 18.9 Å². The van der Waals surface area contributed by atoms with Gasteiger partial charge < -0.3 is 4.74 Å². The van der Waals surface area contributed by atoms with E-state index < -0.39 is 32.4 Å². The molecule has 0 fully saturated rings. The van der Waals surface area contributed by atoms with Crippen molar-refractivity contribution in [3.63, 3.8) is 0 Å². The molecule has 0 spiro atoms. The highest BCUT2D eigenvalue weighted by molar-refractivity contribution is 7.90. The van der Waals surface area contributed by atoms with Crippen LogP contribution >= 0.6 is 0 Å². The van der Waals surface area contributed by atoms with Gasteiger partial charge in [-0.25, -0.2) is 36.3 Å². The molecule has 2 N–H and O–H groups in total. The molecule has 206 valence electrons. The van der Waals surface area contributed by atoms with E-state index in [1.807, 2.05) is 31.2 Å². The smallest absolute Gasteiger partial charge is 0.412 e. The Morgan fingerprint density at radius 3 is 2.54 bits per heavy atom. The predicted octanol–water partition coefficient (Wildman–Crippen LogP) is 4.24. The van der Waals surface area contributed by atoms with Crippen LogP contribution in [-0.4, -0.2) is 42.2 Å². The fraction of sp³-hybridized carbons (Fsp3) is 0.0741. The zero-order chi connectivity index (χ0) is 29.1. The Bertz CT molecular complexity index is 1950. The van der Waals surface area contributed by atoms with Gasteiger partial charge in [0.15, 0.2) is 5.65 Å². The van der Waals surface area contributed by atoms with Crippen molar-refractivity contribution < 1.29 is 26.7 Å². The molecule has 0 radical (unpaired) electrons. The lowest BCUT2D eigenvalue weighted by atomic mass is 10.1. The standard InChI is InChI=1S/C27H20N6O6S2/c1-17-7-9-21(10-8-17)41(37,38)33-15-23(24-19(12-28)13-30-26(32-24)40(35)36)22-11-20(14-29-25(22)33)31-27(34)39-16-18-5-3-2-4-6-18/h2-11,13-15H,16H2,1H3,(H,31,34)(H,35,36). The first kappa shape index (κ1) is 27.6. The van der Waals surface area contributed by atoms with E-state index >= 15 is 0 Å². The van der Waals surface area contributed by atoms with E-state index in [1.165, 1.54) is 30.6 Å². The van der Waals surface area contributed by atoms with Gasteiger partial charge in [0.05, 0.1) is 34.2 Å². The number of anilines is 1. The topological polar surface area (TPSA) is 177 Å². The van der Waals surface area contributed by atoms with Crippen molar-refractivity contribution in [2.24, 2.45) is 0 Å². The number of pyridine rings is 1. The van der Waals surface area contributed by atoms with Gasteiger partial charge in [0.1, 0.15) is 12.7 Å². The maximum atomic E-state index is 13.7. The minimum atomic E-state index is -4.18. The lowest BCUT2D eigenvalue weighted by Gasteiger charge is -2.09. The van der Waals surface area contributed by atoms with Crippen LogP contribution in [0.3, 0.4) is 0 Å². The third-order valence-electron chi connectivity index (χ3n) is 5.95. The SMILES string of the molecule is Cc1ccc(S(=O)(=O)n2cc(-c3nc(S(=O)O)ncc3C#N)c3cc(NC(=O)OCc4ccccc4)cnc32)cc1. The molecule has 3 heterocycles. The number of nitriles is 1. The van der Waals surface area contributed by atoms with Crippen molar-refractivity contribution >= 4 is 43.9 Å². The van der Waals surface area contributed by atoms with Crippen LogP contribution < -0.4 is 5.32 Å². The number of fused-ring (bicyclic) bond motifs is 1. The Morgan fingerprint density at radius 1 is 1.12 bits per heavy atom. The fourth-order valence-electron chi connectivity index (χ4n) is 3.96. The highest BCUT2D eigenvalue weighted by Crippen LogP contribution is 2.34. The zero-order valence-electron chi connectivity index (χ0n) is 21.3. The third-order valence-corrected chi connectivity index (χ3v) is 8.12. The molecule has 5 aromatic rings. The highest BCUT2D eigenvalue weighted by atomic mass is 32.2. The molecule has 1 atom stereocenters. The lowest BCUT2D eigenvalue weighted by molar-refractivity contribution is 0.155. The van der Waals surface area contributed by atoms with Crippen molar-refractivity contribution in [3.05, 3.63) is 95.9 Å². The second-order valence-corrected chi connectivity index (χ2v) is 11.4. The third kappa shape index (κ3) is 5.68. The molecule has 1 unspecified atom stereocenters. The Kier molecular flexibility index (Phi) is 7.58. The number of rotatable bonds is 7. The van der Waals surface area contributed by atoms with Gasteiger partial charge in [-0.15, -0.1) is 0 Å². The highest BCUT2D eigenvalue weighted by Gasteiger charge is 2.26. The maximum absolute atomic E-state index is 13.7. The van der Waals surface area contributed by atoms with Crippen LogP contribution in [0, 0.1) is 18.3 Å². The monoisotopic (exact) mass is 588 g/mol. The van der Waals surface area contributed by atoms with E-state index in [9.17, 15) is 27.2 Å². The number of aryl methyl sites for hydroxylation is 1. The number of nitrogens with one attached hydrogen (secondary N) is 1. The summed E-state index contributed by atoms with van der Waals surface area (Å²) < 4.78 is 54.8. The van der Waals surface area contributed by atoms with E-state index in [0.29, 0.717) is 0 Å². The number of aromatic nitrogens is 4. The number of ether oxygens (including phenoxy) is 1. The normalized spacial score (nSPS) is 12.0. The molecular weight excluding hydrogens is 568 g/mol. The number of hydrogen-bond acceptors (Lipinski definition) is 9. The summed E-state index contributed by atoms with van der Waals surface area (Å²) in [5, 5.41) is 12.0. The average Bonchev–Trinajstić information content (AvgIpc) is 3.36. The minimum absolute atomic E-state index is 0.0135. The lowest BCUT2D eigenvalue weighted by Crippen LogP contribution is -2.14. The molecule has 0 saturated carbocycles. The molecule has 3 aromatic heterocycles. The van der Waals surface area contributed by atoms with Gasteiger partial charge in [-0.1, -0.05) is 48.0 Å². The molecule has 5 rings (SSSR count). The van der Waals surface area contributed by atoms with E-state index in [2.05, 4.69) is 20.3 Å². The van der Waals surface area contributed by atoms with Gasteiger partial charge in [-0.05, 0) is 30.7 Å². The largest absolute Gasteiger partial charge is 0.444 e. The van der Waals surface area contributed by atoms with Crippen LogP contribution in [-0.2, 0) is 32.4 Å². The molecule has 0 aliphatic heterocycles. The van der Waals surface area contributed by atoms with Crippen molar-refractivity contribution in [1.29, 1.82) is 5.26 Å². The van der Waals surface area contributed by atoms with Gasteiger partial charge in [0, 0.05) is 17.1 Å². The Balaban J connectivity index is 1.62. The summed E-state index contributed by atoms with van der Waals surface area (Å²) in [4.78, 5) is 24.6. The van der Waals surface area contributed by atoms with Crippen LogP contribution in [0.2, 0.25) is 0 Å². The summed E-state index contributed by atoms with van der Waals surface area (Å²) in [5.41, 5.74) is 1.72. The molecule has 0 saturated heterocycles. The van der Waals surface area contributed by atoms with E-state index in [4.69, 9.17) is 4.74 Å². The van der Waals surface area contributed by atoms with E-state index in [0.717, 1.165) is 21.3 Å². The Labute approximate surface area is 236 Å². The first-order chi connectivity index (χ1) is 19.7. The second kappa shape index (κ2) is 11.3. The van der Waals surface area contributed by atoms with Gasteiger partial charge in [-0.2, -0.15) is 5.26 Å². The Hall–Kier alpha value is -4.97. The quantitative estimate of drug-likeness (QED) is 0.206.